The molecule has 0 aliphatic rings. The van der Waals surface area contributed by atoms with E-state index in [-0.39, 0.29) is 11.6 Å². The third-order valence-electron chi connectivity index (χ3n) is 4.76. The zero-order chi connectivity index (χ0) is 20.1. The van der Waals surface area contributed by atoms with Gasteiger partial charge >= 0.3 is 0 Å². The number of anilines is 1. The van der Waals surface area contributed by atoms with Crippen molar-refractivity contribution in [2.75, 3.05) is 18.9 Å². The Morgan fingerprint density at radius 2 is 1.82 bits per heavy atom. The highest BCUT2D eigenvalue weighted by Crippen LogP contribution is 2.25. The summed E-state index contributed by atoms with van der Waals surface area (Å²) >= 11 is 0. The Morgan fingerprint density at radius 1 is 1.07 bits per heavy atom. The van der Waals surface area contributed by atoms with E-state index in [1.54, 1.807) is 19.1 Å². The highest BCUT2D eigenvalue weighted by atomic mass is 16.6. The highest BCUT2D eigenvalue weighted by Gasteiger charge is 2.15. The molecule has 0 radical (unpaired) electrons. The molecule has 0 bridgehead atoms. The maximum Gasteiger partial charge on any atom is 0.274 e. The predicted molar refractivity (Wildman–Crippen MR) is 111 cm³/mol. The van der Waals surface area contributed by atoms with Crippen LogP contribution in [0.3, 0.4) is 0 Å². The van der Waals surface area contributed by atoms with Crippen molar-refractivity contribution in [3.05, 3.63) is 81.9 Å². The molecule has 28 heavy (non-hydrogen) atoms. The topological polar surface area (TPSA) is 75.5 Å². The fraction of sp³-hybridized carbons (Fsp3) is 0.227. The van der Waals surface area contributed by atoms with E-state index in [4.69, 9.17) is 0 Å². The van der Waals surface area contributed by atoms with Crippen LogP contribution < -0.4 is 5.32 Å². The van der Waals surface area contributed by atoms with Crippen molar-refractivity contribution in [3.8, 4) is 0 Å². The maximum atomic E-state index is 12.3. The minimum Gasteiger partial charge on any atom is -0.326 e. The van der Waals surface area contributed by atoms with E-state index in [2.05, 4.69) is 40.5 Å². The summed E-state index contributed by atoms with van der Waals surface area (Å²) < 4.78 is 0. The van der Waals surface area contributed by atoms with Gasteiger partial charge in [0.1, 0.15) is 0 Å². The first kappa shape index (κ1) is 19.5. The number of nitrogens with one attached hydrogen (secondary N) is 1. The molecule has 3 rings (SSSR count). The summed E-state index contributed by atoms with van der Waals surface area (Å²) in [4.78, 5) is 24.9. The molecule has 0 aliphatic heterocycles. The van der Waals surface area contributed by atoms with Crippen LogP contribution in [-0.2, 0) is 11.3 Å². The first-order valence-electron chi connectivity index (χ1n) is 9.14. The molecule has 6 heteroatoms. The van der Waals surface area contributed by atoms with Gasteiger partial charge in [0.05, 0.1) is 16.2 Å². The molecule has 6 nitrogen and oxygen atoms in total. The Bertz CT molecular complexity index is 1020. The van der Waals surface area contributed by atoms with Gasteiger partial charge in [-0.15, -0.1) is 0 Å². The Labute approximate surface area is 163 Å². The van der Waals surface area contributed by atoms with Crippen molar-refractivity contribution in [3.63, 3.8) is 0 Å². The number of nitro benzene ring substituents is 1. The third-order valence-corrected chi connectivity index (χ3v) is 4.76. The number of carbonyl (C=O) groups excluding carboxylic acids is 1. The fourth-order valence-electron chi connectivity index (χ4n) is 3.19. The minimum absolute atomic E-state index is 0.00576. The molecule has 3 aromatic rings. The van der Waals surface area contributed by atoms with Crippen LogP contribution in [0.15, 0.2) is 60.7 Å². The van der Waals surface area contributed by atoms with Gasteiger partial charge in [-0.25, -0.2) is 0 Å². The third kappa shape index (κ3) is 4.72. The zero-order valence-electron chi connectivity index (χ0n) is 16.0. The quantitative estimate of drug-likeness (QED) is 0.485. The molecule has 3 aromatic carbocycles. The molecule has 0 fully saturated rings. The standard InChI is InChI=1S/C22H23N3O3/c1-16-20(8-5-9-21(16)25(27)28)23-22(26)12-13-24(2)15-17-10-11-18-6-3-4-7-19(18)14-17/h3-11,14H,12-13,15H2,1-2H3,(H,23,26). The minimum atomic E-state index is -0.442. The van der Waals surface area contributed by atoms with E-state index >= 15 is 0 Å². The molecule has 1 N–H and O–H groups in total. The van der Waals surface area contributed by atoms with Gasteiger partial charge in [0, 0.05) is 25.6 Å². The highest BCUT2D eigenvalue weighted by molar-refractivity contribution is 5.92. The van der Waals surface area contributed by atoms with Crippen LogP contribution >= 0.6 is 0 Å². The van der Waals surface area contributed by atoms with E-state index in [9.17, 15) is 14.9 Å². The number of hydrogen-bond acceptors (Lipinski definition) is 4. The number of amides is 1. The summed E-state index contributed by atoms with van der Waals surface area (Å²) in [5.41, 5.74) is 2.14. The average molecular weight is 377 g/mol. The molecule has 0 spiro atoms. The lowest BCUT2D eigenvalue weighted by molar-refractivity contribution is -0.385. The van der Waals surface area contributed by atoms with Gasteiger partial charge < -0.3 is 10.2 Å². The normalized spacial score (nSPS) is 11.0. The number of carbonyl (C=O) groups is 1. The molecule has 0 heterocycles. The van der Waals surface area contributed by atoms with Gasteiger partial charge in [0.2, 0.25) is 5.91 Å². The van der Waals surface area contributed by atoms with Crippen LogP contribution in [0, 0.1) is 17.0 Å². The van der Waals surface area contributed by atoms with Crippen LogP contribution in [0.2, 0.25) is 0 Å². The molecule has 0 saturated heterocycles. The second-order valence-corrected chi connectivity index (χ2v) is 6.92. The number of hydrogen-bond donors (Lipinski definition) is 1. The Kier molecular flexibility index (Phi) is 6.01. The molecule has 0 atom stereocenters. The number of fused-ring (bicyclic) bond motifs is 1. The molecular weight excluding hydrogens is 354 g/mol. The molecule has 144 valence electrons. The molecule has 0 aliphatic carbocycles. The van der Waals surface area contributed by atoms with Gasteiger partial charge in [0.15, 0.2) is 0 Å². The summed E-state index contributed by atoms with van der Waals surface area (Å²) in [6.45, 7) is 2.97. The van der Waals surface area contributed by atoms with Crippen molar-refractivity contribution >= 4 is 28.1 Å². The van der Waals surface area contributed by atoms with E-state index in [1.807, 2.05) is 19.2 Å². The van der Waals surface area contributed by atoms with E-state index in [0.29, 0.717) is 24.2 Å². The Hall–Kier alpha value is -3.25. The summed E-state index contributed by atoms with van der Waals surface area (Å²) in [5, 5.41) is 16.2. The van der Waals surface area contributed by atoms with Crippen LogP contribution in [0.4, 0.5) is 11.4 Å². The Morgan fingerprint density at radius 3 is 2.57 bits per heavy atom. The summed E-state index contributed by atoms with van der Waals surface area (Å²) in [7, 11) is 1.97. The van der Waals surface area contributed by atoms with Gasteiger partial charge in [-0.05, 0) is 42.4 Å². The lowest BCUT2D eigenvalue weighted by Gasteiger charge is -2.17. The SMILES string of the molecule is Cc1c(NC(=O)CCN(C)Cc2ccc3ccccc3c2)cccc1[N+](=O)[O-]. The number of benzene rings is 3. The molecule has 0 unspecified atom stereocenters. The van der Waals surface area contributed by atoms with Crippen molar-refractivity contribution in [2.24, 2.45) is 0 Å². The van der Waals surface area contributed by atoms with Crippen molar-refractivity contribution < 1.29 is 9.72 Å². The van der Waals surface area contributed by atoms with Gasteiger partial charge in [-0.1, -0.05) is 42.5 Å². The molecule has 0 aromatic heterocycles. The van der Waals surface area contributed by atoms with E-state index in [0.717, 1.165) is 6.54 Å². The van der Waals surface area contributed by atoms with Crippen molar-refractivity contribution in [1.29, 1.82) is 0 Å². The monoisotopic (exact) mass is 377 g/mol. The van der Waals surface area contributed by atoms with Gasteiger partial charge in [-0.2, -0.15) is 0 Å². The summed E-state index contributed by atoms with van der Waals surface area (Å²) in [6.07, 6.45) is 0.312. The second kappa shape index (κ2) is 8.63. The molecular formula is C22H23N3O3. The summed E-state index contributed by atoms with van der Waals surface area (Å²) in [6, 6.07) is 19.3. The van der Waals surface area contributed by atoms with Crippen LogP contribution in [-0.4, -0.2) is 29.3 Å². The largest absolute Gasteiger partial charge is 0.326 e. The average Bonchev–Trinajstić information content (AvgIpc) is 2.67. The Balaban J connectivity index is 1.55. The number of rotatable bonds is 7. The lowest BCUT2D eigenvalue weighted by atomic mass is 10.1. The first-order valence-corrected chi connectivity index (χ1v) is 9.14. The number of nitrogens with zero attached hydrogens (tertiary/aromatic N) is 2. The van der Waals surface area contributed by atoms with Crippen molar-refractivity contribution in [2.45, 2.75) is 19.9 Å². The van der Waals surface area contributed by atoms with Gasteiger partial charge in [-0.3, -0.25) is 14.9 Å². The van der Waals surface area contributed by atoms with E-state index in [1.165, 1.54) is 22.4 Å². The zero-order valence-corrected chi connectivity index (χ0v) is 16.0. The second-order valence-electron chi connectivity index (χ2n) is 6.92. The molecule has 1 amide bonds. The predicted octanol–water partition coefficient (Wildman–Crippen LogP) is 4.52. The lowest BCUT2D eigenvalue weighted by Crippen LogP contribution is -2.24. The first-order chi connectivity index (χ1) is 13.4. The maximum absolute atomic E-state index is 12.3. The van der Waals surface area contributed by atoms with Crippen LogP contribution in [0.1, 0.15) is 17.5 Å². The fourth-order valence-corrected chi connectivity index (χ4v) is 3.19. The van der Waals surface area contributed by atoms with Crippen LogP contribution in [0.5, 0.6) is 0 Å². The number of nitro groups is 1. The van der Waals surface area contributed by atoms with Crippen LogP contribution in [0.25, 0.3) is 10.8 Å². The van der Waals surface area contributed by atoms with Gasteiger partial charge in [0.25, 0.3) is 5.69 Å². The smallest absolute Gasteiger partial charge is 0.274 e. The van der Waals surface area contributed by atoms with E-state index < -0.39 is 4.92 Å². The van der Waals surface area contributed by atoms with Crippen molar-refractivity contribution in [1.82, 2.24) is 4.90 Å². The molecule has 0 saturated carbocycles. The summed E-state index contributed by atoms with van der Waals surface area (Å²) in [5.74, 6) is -0.158.